The predicted molar refractivity (Wildman–Crippen MR) is 72.3 cm³/mol. The lowest BCUT2D eigenvalue weighted by molar-refractivity contribution is -0.121. The monoisotopic (exact) mass is 264 g/mol. The second-order valence-corrected chi connectivity index (χ2v) is 4.94. The maximum Gasteiger partial charge on any atom is 0.234 e. The Bertz CT molecular complexity index is 460. The number of carbonyl (C=O) groups excluding carboxylic acids is 1. The molecule has 1 aromatic carbocycles. The number of carbonyl (C=O) groups is 1. The van der Waals surface area contributed by atoms with Crippen LogP contribution in [0.2, 0.25) is 0 Å². The fraction of sp³-hybridized carbons (Fsp3) is 0.500. The van der Waals surface area contributed by atoms with E-state index in [9.17, 15) is 4.79 Å². The number of hydrogen-bond donors (Lipinski definition) is 2. The van der Waals surface area contributed by atoms with Gasteiger partial charge in [0.1, 0.15) is 0 Å². The summed E-state index contributed by atoms with van der Waals surface area (Å²) in [6.45, 7) is 6.55. The molecule has 1 atom stereocenters. The fourth-order valence-electron chi connectivity index (χ4n) is 1.86. The Balaban J connectivity index is 1.92. The van der Waals surface area contributed by atoms with Crippen molar-refractivity contribution in [3.63, 3.8) is 0 Å². The Morgan fingerprint density at radius 3 is 2.74 bits per heavy atom. The van der Waals surface area contributed by atoms with E-state index in [2.05, 4.69) is 10.6 Å². The molecule has 0 spiro atoms. The molecule has 0 fully saturated rings. The van der Waals surface area contributed by atoms with Crippen LogP contribution in [0.25, 0.3) is 0 Å². The first-order valence-corrected chi connectivity index (χ1v) is 6.48. The third-order valence-corrected chi connectivity index (χ3v) is 2.94. The maximum atomic E-state index is 11.7. The van der Waals surface area contributed by atoms with Crippen molar-refractivity contribution < 1.29 is 14.3 Å². The van der Waals surface area contributed by atoms with Crippen LogP contribution < -0.4 is 20.1 Å². The number of rotatable bonds is 5. The van der Waals surface area contributed by atoms with Crippen LogP contribution in [-0.2, 0) is 4.79 Å². The van der Waals surface area contributed by atoms with Crippen LogP contribution >= 0.6 is 0 Å². The van der Waals surface area contributed by atoms with E-state index < -0.39 is 0 Å². The van der Waals surface area contributed by atoms with E-state index in [0.717, 1.165) is 17.1 Å². The summed E-state index contributed by atoms with van der Waals surface area (Å²) in [4.78, 5) is 11.7. The summed E-state index contributed by atoms with van der Waals surface area (Å²) in [6.07, 6.45) is 0. The average Bonchev–Trinajstić information content (AvgIpc) is 2.83. The third kappa shape index (κ3) is 3.61. The first kappa shape index (κ1) is 13.7. The minimum Gasteiger partial charge on any atom is -0.454 e. The lowest BCUT2D eigenvalue weighted by Crippen LogP contribution is -2.37. The Kier molecular flexibility index (Phi) is 4.27. The van der Waals surface area contributed by atoms with Crippen LogP contribution in [0.15, 0.2) is 18.2 Å². The van der Waals surface area contributed by atoms with Gasteiger partial charge < -0.3 is 20.1 Å². The van der Waals surface area contributed by atoms with Gasteiger partial charge in [0, 0.05) is 6.04 Å². The van der Waals surface area contributed by atoms with Gasteiger partial charge >= 0.3 is 0 Å². The summed E-state index contributed by atoms with van der Waals surface area (Å²) in [7, 11) is 0. The molecule has 2 N–H and O–H groups in total. The topological polar surface area (TPSA) is 59.6 Å². The van der Waals surface area contributed by atoms with E-state index in [-0.39, 0.29) is 18.7 Å². The van der Waals surface area contributed by atoms with Gasteiger partial charge in [-0.2, -0.15) is 0 Å². The highest BCUT2D eigenvalue weighted by Gasteiger charge is 2.16. The molecule has 5 nitrogen and oxygen atoms in total. The first-order chi connectivity index (χ1) is 9.06. The van der Waals surface area contributed by atoms with Crippen LogP contribution in [0, 0.1) is 0 Å². The quantitative estimate of drug-likeness (QED) is 0.848. The third-order valence-electron chi connectivity index (χ3n) is 2.94. The van der Waals surface area contributed by atoms with Crippen molar-refractivity contribution in [3.8, 4) is 11.5 Å². The number of fused-ring (bicyclic) bond motifs is 1. The van der Waals surface area contributed by atoms with Crippen LogP contribution in [-0.4, -0.2) is 25.3 Å². The average molecular weight is 264 g/mol. The Morgan fingerprint density at radius 1 is 1.26 bits per heavy atom. The molecule has 1 aliphatic heterocycles. The summed E-state index contributed by atoms with van der Waals surface area (Å²) in [5, 5.41) is 6.03. The molecule has 0 saturated heterocycles. The molecule has 0 bridgehead atoms. The minimum absolute atomic E-state index is 0.0149. The molecule has 1 unspecified atom stereocenters. The van der Waals surface area contributed by atoms with Gasteiger partial charge in [-0.05, 0) is 24.6 Å². The lowest BCUT2D eigenvalue weighted by Gasteiger charge is -2.16. The second-order valence-electron chi connectivity index (χ2n) is 4.94. The largest absolute Gasteiger partial charge is 0.454 e. The van der Waals surface area contributed by atoms with Crippen molar-refractivity contribution in [3.05, 3.63) is 23.8 Å². The minimum atomic E-state index is -0.0593. The molecule has 1 aliphatic rings. The second kappa shape index (κ2) is 5.93. The lowest BCUT2D eigenvalue weighted by atomic mass is 10.1. The molecule has 1 amide bonds. The highest BCUT2D eigenvalue weighted by atomic mass is 16.7. The highest BCUT2D eigenvalue weighted by Crippen LogP contribution is 2.34. The smallest absolute Gasteiger partial charge is 0.234 e. The van der Waals surface area contributed by atoms with E-state index in [4.69, 9.17) is 9.47 Å². The summed E-state index contributed by atoms with van der Waals surface area (Å²) in [5.41, 5.74) is 1.00. The zero-order valence-electron chi connectivity index (χ0n) is 11.5. The molecule has 19 heavy (non-hydrogen) atoms. The summed E-state index contributed by atoms with van der Waals surface area (Å²) in [5.74, 6) is 1.47. The molecule has 0 aromatic heterocycles. The molecule has 5 heteroatoms. The van der Waals surface area contributed by atoms with Gasteiger partial charge in [0.05, 0.1) is 12.6 Å². The number of ether oxygens (including phenoxy) is 2. The van der Waals surface area contributed by atoms with Crippen molar-refractivity contribution in [1.29, 1.82) is 0 Å². The van der Waals surface area contributed by atoms with Gasteiger partial charge in [0.2, 0.25) is 12.7 Å². The van der Waals surface area contributed by atoms with Crippen LogP contribution in [0.1, 0.15) is 32.4 Å². The number of amides is 1. The van der Waals surface area contributed by atoms with Crippen molar-refractivity contribution >= 4 is 5.91 Å². The predicted octanol–water partition coefficient (Wildman–Crippen LogP) is 1.59. The molecule has 104 valence electrons. The number of nitrogens with one attached hydrogen (secondary N) is 2. The van der Waals surface area contributed by atoms with Gasteiger partial charge in [0.15, 0.2) is 11.5 Å². The number of benzene rings is 1. The molecular weight excluding hydrogens is 244 g/mol. The van der Waals surface area contributed by atoms with E-state index in [1.807, 2.05) is 39.0 Å². The van der Waals surface area contributed by atoms with Crippen LogP contribution in [0.4, 0.5) is 0 Å². The zero-order chi connectivity index (χ0) is 13.8. The molecule has 0 aliphatic carbocycles. The Labute approximate surface area is 113 Å². The first-order valence-electron chi connectivity index (χ1n) is 6.48. The van der Waals surface area contributed by atoms with E-state index in [1.165, 1.54) is 0 Å². The molecule has 0 radical (unpaired) electrons. The molecular formula is C14H20N2O3. The standard InChI is InChI=1S/C14H20N2O3/c1-9(2)15-7-14(17)16-10(3)11-4-5-12-13(6-11)19-8-18-12/h4-6,9-10,15H,7-8H2,1-3H3,(H,16,17). The summed E-state index contributed by atoms with van der Waals surface area (Å²) in [6, 6.07) is 5.95. The zero-order valence-corrected chi connectivity index (χ0v) is 11.5. The van der Waals surface area contributed by atoms with Gasteiger partial charge in [-0.15, -0.1) is 0 Å². The SMILES string of the molecule is CC(C)NCC(=O)NC(C)c1ccc2c(c1)OCO2. The normalized spacial score (nSPS) is 14.5. The van der Waals surface area contributed by atoms with Crippen LogP contribution in [0.5, 0.6) is 11.5 Å². The fourth-order valence-corrected chi connectivity index (χ4v) is 1.86. The van der Waals surface area contributed by atoms with Gasteiger partial charge in [-0.1, -0.05) is 19.9 Å². The highest BCUT2D eigenvalue weighted by molar-refractivity contribution is 5.78. The van der Waals surface area contributed by atoms with Gasteiger partial charge in [-0.3, -0.25) is 4.79 Å². The molecule has 1 heterocycles. The van der Waals surface area contributed by atoms with Crippen molar-refractivity contribution in [1.82, 2.24) is 10.6 Å². The van der Waals surface area contributed by atoms with Crippen molar-refractivity contribution in [2.45, 2.75) is 32.9 Å². The number of hydrogen-bond acceptors (Lipinski definition) is 4. The molecule has 0 saturated carbocycles. The molecule has 2 rings (SSSR count). The van der Waals surface area contributed by atoms with E-state index in [1.54, 1.807) is 0 Å². The van der Waals surface area contributed by atoms with Gasteiger partial charge in [-0.25, -0.2) is 0 Å². The van der Waals surface area contributed by atoms with E-state index in [0.29, 0.717) is 12.6 Å². The van der Waals surface area contributed by atoms with Crippen LogP contribution in [0.3, 0.4) is 0 Å². The summed E-state index contributed by atoms with van der Waals surface area (Å²) < 4.78 is 10.6. The van der Waals surface area contributed by atoms with Gasteiger partial charge in [0.25, 0.3) is 0 Å². The Morgan fingerprint density at radius 2 is 2.00 bits per heavy atom. The molecule has 1 aromatic rings. The van der Waals surface area contributed by atoms with Crippen molar-refractivity contribution in [2.24, 2.45) is 0 Å². The summed E-state index contributed by atoms with van der Waals surface area (Å²) >= 11 is 0. The van der Waals surface area contributed by atoms with Crippen molar-refractivity contribution in [2.75, 3.05) is 13.3 Å². The maximum absolute atomic E-state index is 11.7. The van der Waals surface area contributed by atoms with E-state index >= 15 is 0 Å². The Hall–Kier alpha value is -1.75.